The van der Waals surface area contributed by atoms with Crippen LogP contribution in [0, 0.1) is 22.7 Å². The Morgan fingerprint density at radius 1 is 1.20 bits per heavy atom. The summed E-state index contributed by atoms with van der Waals surface area (Å²) in [6, 6.07) is 7.42. The standard InChI is InChI=1S/C19H19NO5/c1-19(2)8-14(22)17(15(23)9-19)16(13(10-20)18(24)25-3)11-4-6-12(21)7-5-11/h4-7,17,21H,8-9H2,1-3H3/b16-13-. The van der Waals surface area contributed by atoms with Crippen molar-refractivity contribution in [3.8, 4) is 11.8 Å². The monoisotopic (exact) mass is 341 g/mol. The van der Waals surface area contributed by atoms with Crippen LogP contribution >= 0.6 is 0 Å². The van der Waals surface area contributed by atoms with Crippen molar-refractivity contribution in [3.63, 3.8) is 0 Å². The second-order valence-corrected chi connectivity index (χ2v) is 6.82. The lowest BCUT2D eigenvalue weighted by atomic mass is 9.68. The topological polar surface area (TPSA) is 104 Å². The van der Waals surface area contributed by atoms with Gasteiger partial charge >= 0.3 is 5.97 Å². The van der Waals surface area contributed by atoms with Crippen molar-refractivity contribution in [2.45, 2.75) is 26.7 Å². The molecule has 0 atom stereocenters. The van der Waals surface area contributed by atoms with Gasteiger partial charge in [-0.25, -0.2) is 4.79 Å². The number of rotatable bonds is 3. The summed E-state index contributed by atoms with van der Waals surface area (Å²) in [6.45, 7) is 3.66. The highest BCUT2D eigenvalue weighted by atomic mass is 16.5. The van der Waals surface area contributed by atoms with Crippen LogP contribution in [0.3, 0.4) is 0 Å². The predicted molar refractivity (Wildman–Crippen MR) is 89.2 cm³/mol. The molecular formula is C19H19NO5. The first-order chi connectivity index (χ1) is 11.7. The summed E-state index contributed by atoms with van der Waals surface area (Å²) >= 11 is 0. The highest BCUT2D eigenvalue weighted by Crippen LogP contribution is 2.40. The molecule has 1 aromatic carbocycles. The Balaban J connectivity index is 2.68. The quantitative estimate of drug-likeness (QED) is 0.392. The minimum absolute atomic E-state index is 0.0119. The fourth-order valence-corrected chi connectivity index (χ4v) is 3.13. The minimum Gasteiger partial charge on any atom is -0.508 e. The van der Waals surface area contributed by atoms with Gasteiger partial charge in [-0.2, -0.15) is 5.26 Å². The fourth-order valence-electron chi connectivity index (χ4n) is 3.13. The van der Waals surface area contributed by atoms with E-state index in [-0.39, 0.29) is 41.3 Å². The number of allylic oxidation sites excluding steroid dienone is 1. The van der Waals surface area contributed by atoms with Gasteiger partial charge in [-0.1, -0.05) is 26.0 Å². The number of phenols is 1. The van der Waals surface area contributed by atoms with Crippen molar-refractivity contribution in [2.75, 3.05) is 7.11 Å². The normalized spacial score (nSPS) is 18.3. The average molecular weight is 341 g/mol. The molecule has 0 radical (unpaired) electrons. The molecule has 130 valence electrons. The predicted octanol–water partition coefficient (Wildman–Crippen LogP) is 2.42. The number of hydrogen-bond donors (Lipinski definition) is 1. The van der Waals surface area contributed by atoms with E-state index in [1.807, 2.05) is 13.8 Å². The number of hydrogen-bond acceptors (Lipinski definition) is 6. The molecule has 1 N–H and O–H groups in total. The number of nitrogens with zero attached hydrogens (tertiary/aromatic N) is 1. The van der Waals surface area contributed by atoms with Crippen LogP contribution in [-0.4, -0.2) is 29.8 Å². The number of nitriles is 1. The molecule has 0 aliphatic heterocycles. The number of aromatic hydroxyl groups is 1. The molecule has 1 saturated carbocycles. The largest absolute Gasteiger partial charge is 0.508 e. The zero-order valence-corrected chi connectivity index (χ0v) is 14.3. The van der Waals surface area contributed by atoms with E-state index >= 15 is 0 Å². The van der Waals surface area contributed by atoms with Gasteiger partial charge in [0.2, 0.25) is 0 Å². The van der Waals surface area contributed by atoms with Gasteiger partial charge in [0.05, 0.1) is 7.11 Å². The Morgan fingerprint density at radius 2 is 1.72 bits per heavy atom. The molecule has 0 amide bonds. The van der Waals surface area contributed by atoms with E-state index in [1.165, 1.54) is 24.3 Å². The molecule has 0 bridgehead atoms. The van der Waals surface area contributed by atoms with E-state index in [1.54, 1.807) is 6.07 Å². The minimum atomic E-state index is -1.19. The molecule has 6 heteroatoms. The lowest BCUT2D eigenvalue weighted by molar-refractivity contribution is -0.136. The molecule has 1 fully saturated rings. The number of ketones is 2. The highest BCUT2D eigenvalue weighted by molar-refractivity contribution is 6.18. The van der Waals surface area contributed by atoms with E-state index in [4.69, 9.17) is 0 Å². The van der Waals surface area contributed by atoms with Gasteiger partial charge in [0.25, 0.3) is 0 Å². The second kappa shape index (κ2) is 6.89. The van der Waals surface area contributed by atoms with Crippen LogP contribution in [-0.2, 0) is 19.1 Å². The van der Waals surface area contributed by atoms with Crippen molar-refractivity contribution >= 4 is 23.1 Å². The summed E-state index contributed by atoms with van der Waals surface area (Å²) < 4.78 is 4.64. The SMILES string of the molecule is COC(=O)/C(C#N)=C(/c1ccc(O)cc1)C1C(=O)CC(C)(C)CC1=O. The van der Waals surface area contributed by atoms with Crippen molar-refractivity contribution in [3.05, 3.63) is 35.4 Å². The number of esters is 1. The first-order valence-corrected chi connectivity index (χ1v) is 7.77. The second-order valence-electron chi connectivity index (χ2n) is 6.82. The van der Waals surface area contributed by atoms with Crippen LogP contribution < -0.4 is 0 Å². The first-order valence-electron chi connectivity index (χ1n) is 7.77. The van der Waals surface area contributed by atoms with E-state index in [9.17, 15) is 24.8 Å². The number of Topliss-reactive ketones (excluding diaryl/α,β-unsaturated/α-hetero) is 2. The Labute approximate surface area is 145 Å². The summed E-state index contributed by atoms with van der Waals surface area (Å²) in [4.78, 5) is 37.4. The lowest BCUT2D eigenvalue weighted by Crippen LogP contribution is -2.38. The molecule has 0 aromatic heterocycles. The van der Waals surface area contributed by atoms with Crippen LogP contribution in [0.25, 0.3) is 5.57 Å². The fraction of sp³-hybridized carbons (Fsp3) is 0.368. The number of phenolic OH excluding ortho intramolecular Hbond substituents is 1. The third-order valence-corrected chi connectivity index (χ3v) is 4.19. The highest BCUT2D eigenvalue weighted by Gasteiger charge is 2.43. The van der Waals surface area contributed by atoms with Gasteiger partial charge in [-0.05, 0) is 23.1 Å². The number of carbonyl (C=O) groups excluding carboxylic acids is 3. The maximum atomic E-state index is 12.7. The van der Waals surface area contributed by atoms with Crippen LogP contribution in [0.15, 0.2) is 29.8 Å². The number of methoxy groups -OCH3 is 1. The smallest absolute Gasteiger partial charge is 0.348 e. The van der Waals surface area contributed by atoms with E-state index in [0.717, 1.165) is 7.11 Å². The third kappa shape index (κ3) is 3.77. The van der Waals surface area contributed by atoms with E-state index in [0.29, 0.717) is 5.56 Å². The summed E-state index contributed by atoms with van der Waals surface area (Å²) in [5, 5.41) is 18.9. The van der Waals surface area contributed by atoms with Crippen molar-refractivity contribution < 1.29 is 24.2 Å². The molecule has 1 aliphatic rings. The Kier molecular flexibility index (Phi) is 5.07. The molecule has 0 spiro atoms. The van der Waals surface area contributed by atoms with Crippen LogP contribution in [0.2, 0.25) is 0 Å². The maximum absolute atomic E-state index is 12.7. The van der Waals surface area contributed by atoms with E-state index < -0.39 is 17.3 Å². The van der Waals surface area contributed by atoms with Gasteiger partial charge in [-0.3, -0.25) is 9.59 Å². The molecule has 0 unspecified atom stereocenters. The third-order valence-electron chi connectivity index (χ3n) is 4.19. The summed E-state index contributed by atoms with van der Waals surface area (Å²) in [7, 11) is 1.13. The number of carbonyl (C=O) groups is 3. The zero-order chi connectivity index (χ0) is 18.8. The molecule has 25 heavy (non-hydrogen) atoms. The molecule has 1 aliphatic carbocycles. The average Bonchev–Trinajstić information content (AvgIpc) is 2.53. The molecule has 6 nitrogen and oxygen atoms in total. The van der Waals surface area contributed by atoms with Crippen LogP contribution in [0.5, 0.6) is 5.75 Å². The first kappa shape index (κ1) is 18.4. The summed E-state index contributed by atoms with van der Waals surface area (Å²) in [5.74, 6) is -2.77. The van der Waals surface area contributed by atoms with Crippen molar-refractivity contribution in [2.24, 2.45) is 11.3 Å². The van der Waals surface area contributed by atoms with Gasteiger partial charge < -0.3 is 9.84 Å². The Bertz CT molecular complexity index is 776. The maximum Gasteiger partial charge on any atom is 0.348 e. The molecule has 1 aromatic rings. The molecule has 0 saturated heterocycles. The van der Waals surface area contributed by atoms with Crippen molar-refractivity contribution in [1.82, 2.24) is 0 Å². The van der Waals surface area contributed by atoms with Gasteiger partial charge in [0, 0.05) is 18.4 Å². The summed E-state index contributed by atoms with van der Waals surface area (Å²) in [5.41, 5.74) is -0.436. The van der Waals surface area contributed by atoms with Crippen LogP contribution in [0.1, 0.15) is 32.3 Å². The molecular weight excluding hydrogens is 322 g/mol. The summed E-state index contributed by atoms with van der Waals surface area (Å²) in [6.07, 6.45) is 0.343. The number of benzene rings is 1. The van der Waals surface area contributed by atoms with Gasteiger partial charge in [0.1, 0.15) is 34.9 Å². The van der Waals surface area contributed by atoms with Gasteiger partial charge in [0.15, 0.2) is 0 Å². The lowest BCUT2D eigenvalue weighted by Gasteiger charge is -2.33. The van der Waals surface area contributed by atoms with Crippen LogP contribution in [0.4, 0.5) is 0 Å². The Morgan fingerprint density at radius 3 is 2.16 bits per heavy atom. The number of ether oxygens (including phenoxy) is 1. The van der Waals surface area contributed by atoms with Gasteiger partial charge in [-0.15, -0.1) is 0 Å². The Hall–Kier alpha value is -2.94. The zero-order valence-electron chi connectivity index (χ0n) is 14.3. The molecule has 0 heterocycles. The van der Waals surface area contributed by atoms with E-state index in [2.05, 4.69) is 4.74 Å². The van der Waals surface area contributed by atoms with Crippen molar-refractivity contribution in [1.29, 1.82) is 5.26 Å². The molecule has 2 rings (SSSR count).